The predicted molar refractivity (Wildman–Crippen MR) is 84.1 cm³/mol. The highest BCUT2D eigenvalue weighted by molar-refractivity contribution is 6.30. The molecular weight excluding hydrogens is 318 g/mol. The molecule has 1 N–H and O–H groups in total. The smallest absolute Gasteiger partial charge is 0.242 e. The molecule has 23 heavy (non-hydrogen) atoms. The van der Waals surface area contributed by atoms with Gasteiger partial charge >= 0.3 is 0 Å². The Labute approximate surface area is 139 Å². The number of carbonyl (C=O) groups is 1. The maximum Gasteiger partial charge on any atom is 0.242 e. The van der Waals surface area contributed by atoms with Gasteiger partial charge in [0, 0.05) is 18.3 Å². The number of halogens is 1. The number of pyridine rings is 1. The third kappa shape index (κ3) is 4.66. The second kappa shape index (κ2) is 7.41. The van der Waals surface area contributed by atoms with Gasteiger partial charge in [-0.1, -0.05) is 11.6 Å². The molecule has 2 aromatic heterocycles. The highest BCUT2D eigenvalue weighted by Gasteiger charge is 2.24. The first-order chi connectivity index (χ1) is 11.2. The number of carbonyl (C=O) groups excluding carboxylic acids is 1. The lowest BCUT2D eigenvalue weighted by molar-refractivity contribution is -0.122. The van der Waals surface area contributed by atoms with E-state index in [2.05, 4.69) is 20.4 Å². The number of hydrogen-bond acceptors (Lipinski definition) is 5. The summed E-state index contributed by atoms with van der Waals surface area (Å²) in [6.07, 6.45) is 8.21. The van der Waals surface area contributed by atoms with E-state index < -0.39 is 0 Å². The lowest BCUT2D eigenvalue weighted by Gasteiger charge is -2.29. The summed E-state index contributed by atoms with van der Waals surface area (Å²) in [5, 5.41) is 7.55. The van der Waals surface area contributed by atoms with Crippen LogP contribution in [0.25, 0.3) is 0 Å². The van der Waals surface area contributed by atoms with Crippen LogP contribution in [0.5, 0.6) is 5.88 Å². The van der Waals surface area contributed by atoms with Crippen LogP contribution in [0, 0.1) is 0 Å². The van der Waals surface area contributed by atoms with Crippen molar-refractivity contribution >= 4 is 17.5 Å². The molecule has 1 aliphatic rings. The van der Waals surface area contributed by atoms with Crippen molar-refractivity contribution in [2.24, 2.45) is 0 Å². The largest absolute Gasteiger partial charge is 0.474 e. The van der Waals surface area contributed by atoms with Crippen molar-refractivity contribution < 1.29 is 9.53 Å². The van der Waals surface area contributed by atoms with E-state index in [0.29, 0.717) is 10.9 Å². The molecule has 0 aliphatic heterocycles. The molecule has 0 spiro atoms. The molecule has 0 radical (unpaired) electrons. The summed E-state index contributed by atoms with van der Waals surface area (Å²) in [5.41, 5.74) is 0. The average Bonchev–Trinajstić information content (AvgIpc) is 3.04. The minimum Gasteiger partial charge on any atom is -0.474 e. The van der Waals surface area contributed by atoms with Gasteiger partial charge < -0.3 is 10.1 Å². The highest BCUT2D eigenvalue weighted by Crippen LogP contribution is 2.23. The topological polar surface area (TPSA) is 81.9 Å². The molecule has 0 unspecified atom stereocenters. The second-order valence-electron chi connectivity index (χ2n) is 5.57. The molecule has 122 valence electrons. The van der Waals surface area contributed by atoms with Gasteiger partial charge in [0.2, 0.25) is 11.8 Å². The number of aromatic nitrogens is 4. The van der Waals surface area contributed by atoms with Gasteiger partial charge in [-0.3, -0.25) is 4.79 Å². The van der Waals surface area contributed by atoms with Crippen LogP contribution in [0.2, 0.25) is 5.02 Å². The molecule has 1 saturated carbocycles. The molecule has 2 heterocycles. The van der Waals surface area contributed by atoms with Crippen LogP contribution in [0.4, 0.5) is 0 Å². The second-order valence-corrected chi connectivity index (χ2v) is 6.00. The average molecular weight is 336 g/mol. The van der Waals surface area contributed by atoms with E-state index >= 15 is 0 Å². The summed E-state index contributed by atoms with van der Waals surface area (Å²) in [4.78, 5) is 19.9. The summed E-state index contributed by atoms with van der Waals surface area (Å²) < 4.78 is 7.35. The van der Waals surface area contributed by atoms with E-state index in [4.69, 9.17) is 16.3 Å². The van der Waals surface area contributed by atoms with Gasteiger partial charge in [-0.15, -0.1) is 0 Å². The fourth-order valence-electron chi connectivity index (χ4n) is 2.66. The standard InChI is InChI=1S/C15H18ClN5O2/c16-11-1-6-15(18-7-11)23-13-4-2-12(3-5-13)20-14(22)8-21-10-17-9-19-21/h1,6-7,9-10,12-13H,2-5,8H2,(H,20,22). The molecule has 8 heteroatoms. The zero-order chi connectivity index (χ0) is 16.1. The van der Waals surface area contributed by atoms with Gasteiger partial charge in [-0.2, -0.15) is 5.10 Å². The molecule has 1 fully saturated rings. The molecule has 0 saturated heterocycles. The third-order valence-electron chi connectivity index (χ3n) is 3.80. The van der Waals surface area contributed by atoms with Crippen molar-refractivity contribution in [3.63, 3.8) is 0 Å². The van der Waals surface area contributed by atoms with Crippen LogP contribution >= 0.6 is 11.6 Å². The summed E-state index contributed by atoms with van der Waals surface area (Å²) in [5.74, 6) is 0.548. The van der Waals surface area contributed by atoms with Gasteiger partial charge in [0.1, 0.15) is 25.3 Å². The predicted octanol–water partition coefficient (Wildman–Crippen LogP) is 1.83. The van der Waals surface area contributed by atoms with E-state index in [9.17, 15) is 4.79 Å². The number of ether oxygens (including phenoxy) is 1. The molecular formula is C15H18ClN5O2. The first-order valence-electron chi connectivity index (χ1n) is 7.59. The molecule has 2 aromatic rings. The summed E-state index contributed by atoms with van der Waals surface area (Å²) in [6, 6.07) is 3.72. The fraction of sp³-hybridized carbons (Fsp3) is 0.467. The monoisotopic (exact) mass is 335 g/mol. The van der Waals surface area contributed by atoms with Crippen LogP contribution in [-0.4, -0.2) is 37.8 Å². The molecule has 3 rings (SSSR count). The van der Waals surface area contributed by atoms with Crippen LogP contribution in [0.1, 0.15) is 25.7 Å². The Morgan fingerprint density at radius 3 is 2.83 bits per heavy atom. The summed E-state index contributed by atoms with van der Waals surface area (Å²) >= 11 is 5.80. The van der Waals surface area contributed by atoms with Crippen molar-refractivity contribution in [2.75, 3.05) is 0 Å². The maximum atomic E-state index is 11.9. The van der Waals surface area contributed by atoms with E-state index in [1.807, 2.05) is 0 Å². The third-order valence-corrected chi connectivity index (χ3v) is 4.02. The Morgan fingerprint density at radius 2 is 2.17 bits per heavy atom. The van der Waals surface area contributed by atoms with E-state index in [1.54, 1.807) is 18.3 Å². The van der Waals surface area contributed by atoms with Crippen LogP contribution in [-0.2, 0) is 11.3 Å². The summed E-state index contributed by atoms with van der Waals surface area (Å²) in [6.45, 7) is 0.200. The minimum absolute atomic E-state index is 0.0424. The molecule has 0 atom stereocenters. The Morgan fingerprint density at radius 1 is 1.35 bits per heavy atom. The lowest BCUT2D eigenvalue weighted by atomic mass is 9.93. The number of nitrogens with zero attached hydrogens (tertiary/aromatic N) is 4. The van der Waals surface area contributed by atoms with Gasteiger partial charge in [0.25, 0.3) is 0 Å². The molecule has 0 bridgehead atoms. The van der Waals surface area contributed by atoms with Crippen molar-refractivity contribution in [3.05, 3.63) is 36.0 Å². The van der Waals surface area contributed by atoms with E-state index in [-0.39, 0.29) is 24.6 Å². The van der Waals surface area contributed by atoms with Gasteiger partial charge in [0.05, 0.1) is 5.02 Å². The van der Waals surface area contributed by atoms with Crippen molar-refractivity contribution in [1.29, 1.82) is 0 Å². The molecule has 7 nitrogen and oxygen atoms in total. The molecule has 1 aliphatic carbocycles. The number of nitrogens with one attached hydrogen (secondary N) is 1. The number of amides is 1. The Balaban J connectivity index is 1.41. The van der Waals surface area contributed by atoms with Crippen molar-refractivity contribution in [1.82, 2.24) is 25.1 Å². The first kappa shape index (κ1) is 15.7. The maximum absolute atomic E-state index is 11.9. The normalized spacial score (nSPS) is 20.9. The Bertz CT molecular complexity index is 624. The quantitative estimate of drug-likeness (QED) is 0.901. The van der Waals surface area contributed by atoms with E-state index in [1.165, 1.54) is 17.3 Å². The van der Waals surface area contributed by atoms with E-state index in [0.717, 1.165) is 25.7 Å². The van der Waals surface area contributed by atoms with Crippen LogP contribution in [0.15, 0.2) is 31.0 Å². The Kier molecular flexibility index (Phi) is 5.07. The van der Waals surface area contributed by atoms with Crippen molar-refractivity contribution in [3.8, 4) is 5.88 Å². The number of hydrogen-bond donors (Lipinski definition) is 1. The lowest BCUT2D eigenvalue weighted by Crippen LogP contribution is -2.41. The number of rotatable bonds is 5. The van der Waals surface area contributed by atoms with Gasteiger partial charge in [-0.25, -0.2) is 14.6 Å². The SMILES string of the molecule is O=C(Cn1cncn1)NC1CCC(Oc2ccc(Cl)cn2)CC1. The minimum atomic E-state index is -0.0424. The first-order valence-corrected chi connectivity index (χ1v) is 7.97. The fourth-order valence-corrected chi connectivity index (χ4v) is 2.77. The van der Waals surface area contributed by atoms with Crippen LogP contribution < -0.4 is 10.1 Å². The zero-order valence-electron chi connectivity index (χ0n) is 12.6. The summed E-state index contributed by atoms with van der Waals surface area (Å²) in [7, 11) is 0. The van der Waals surface area contributed by atoms with Gasteiger partial charge in [-0.05, 0) is 31.7 Å². The molecule has 0 aromatic carbocycles. The van der Waals surface area contributed by atoms with Gasteiger partial charge in [0.15, 0.2) is 0 Å². The Hall–Kier alpha value is -2.15. The highest BCUT2D eigenvalue weighted by atomic mass is 35.5. The zero-order valence-corrected chi connectivity index (χ0v) is 13.3. The molecule has 1 amide bonds. The van der Waals surface area contributed by atoms with Crippen molar-refractivity contribution in [2.45, 2.75) is 44.4 Å². The van der Waals surface area contributed by atoms with Crippen LogP contribution in [0.3, 0.4) is 0 Å².